The number of aliphatic hydroxyl groups excluding tert-OH is 1. The number of nitrogens with zero attached hydrogens (tertiary/aromatic N) is 1. The van der Waals surface area contributed by atoms with Gasteiger partial charge in [-0.15, -0.1) is 0 Å². The molecule has 0 aromatic carbocycles. The molecule has 0 spiro atoms. The van der Waals surface area contributed by atoms with E-state index >= 15 is 0 Å². The van der Waals surface area contributed by atoms with Gasteiger partial charge < -0.3 is 9.67 Å². The van der Waals surface area contributed by atoms with Crippen molar-refractivity contribution in [3.05, 3.63) is 23.0 Å². The predicted octanol–water partition coefficient (Wildman–Crippen LogP) is 3.43. The second kappa shape index (κ2) is 4.73. The van der Waals surface area contributed by atoms with Crippen molar-refractivity contribution in [1.82, 2.24) is 4.57 Å². The van der Waals surface area contributed by atoms with Crippen LogP contribution in [0.25, 0.3) is 0 Å². The highest BCUT2D eigenvalue weighted by Gasteiger charge is 2.35. The third-order valence-electron chi connectivity index (χ3n) is 4.95. The number of fused-ring (bicyclic) bond motifs is 1. The lowest BCUT2D eigenvalue weighted by atomic mass is 9.76. The van der Waals surface area contributed by atoms with Crippen molar-refractivity contribution in [2.24, 2.45) is 5.41 Å². The summed E-state index contributed by atoms with van der Waals surface area (Å²) in [5.74, 6) is 0.300. The maximum atomic E-state index is 12.3. The molecule has 0 saturated heterocycles. The van der Waals surface area contributed by atoms with Crippen LogP contribution >= 0.6 is 0 Å². The number of hydrogen-bond acceptors (Lipinski definition) is 2. The molecule has 0 aliphatic heterocycles. The summed E-state index contributed by atoms with van der Waals surface area (Å²) in [5, 5.41) is 9.69. The van der Waals surface area contributed by atoms with Crippen LogP contribution in [-0.4, -0.2) is 21.6 Å². The van der Waals surface area contributed by atoms with E-state index in [0.717, 1.165) is 37.7 Å². The maximum Gasteiger partial charge on any atom is 0.165 e. The second-order valence-corrected chi connectivity index (χ2v) is 7.42. The number of hydrogen-bond donors (Lipinski definition) is 1. The van der Waals surface area contributed by atoms with E-state index in [4.69, 9.17) is 0 Å². The molecular formula is C17H25NO2. The Labute approximate surface area is 121 Å². The van der Waals surface area contributed by atoms with Gasteiger partial charge >= 0.3 is 0 Å². The summed E-state index contributed by atoms with van der Waals surface area (Å²) in [6.07, 6.45) is 5.34. The largest absolute Gasteiger partial charge is 0.393 e. The second-order valence-electron chi connectivity index (χ2n) is 7.42. The molecule has 0 amide bonds. The van der Waals surface area contributed by atoms with Crippen LogP contribution in [0.3, 0.4) is 0 Å². The van der Waals surface area contributed by atoms with Gasteiger partial charge in [0.15, 0.2) is 5.78 Å². The van der Waals surface area contributed by atoms with E-state index in [2.05, 4.69) is 31.4 Å². The van der Waals surface area contributed by atoms with Gasteiger partial charge in [-0.2, -0.15) is 0 Å². The third kappa shape index (κ3) is 2.32. The normalized spacial score (nSPS) is 29.3. The van der Waals surface area contributed by atoms with E-state index in [-0.39, 0.29) is 11.5 Å². The quantitative estimate of drug-likeness (QED) is 0.853. The number of aryl methyl sites for hydroxylation is 1. The molecule has 1 fully saturated rings. The molecule has 0 atom stereocenters. The lowest BCUT2D eigenvalue weighted by Crippen LogP contribution is -2.30. The van der Waals surface area contributed by atoms with Crippen molar-refractivity contribution in [2.45, 2.75) is 71.4 Å². The smallest absolute Gasteiger partial charge is 0.165 e. The lowest BCUT2D eigenvalue weighted by molar-refractivity contribution is 0.0901. The number of carbonyl (C=O) groups excluding carboxylic acids is 1. The fourth-order valence-electron chi connectivity index (χ4n) is 4.00. The molecule has 0 radical (unpaired) electrons. The SMILES string of the molecule is Cc1cc2c(n1C1CCC(O)CC1)CC(C)(C)CC2=O. The van der Waals surface area contributed by atoms with Crippen LogP contribution < -0.4 is 0 Å². The Kier molecular flexibility index (Phi) is 3.28. The molecule has 1 aromatic heterocycles. The molecule has 1 heterocycles. The van der Waals surface area contributed by atoms with Gasteiger partial charge in [0.2, 0.25) is 0 Å². The van der Waals surface area contributed by atoms with Crippen LogP contribution in [-0.2, 0) is 6.42 Å². The zero-order valence-corrected chi connectivity index (χ0v) is 12.8. The molecule has 3 rings (SSSR count). The number of rotatable bonds is 1. The number of aliphatic hydroxyl groups is 1. The Morgan fingerprint density at radius 2 is 1.85 bits per heavy atom. The maximum absolute atomic E-state index is 12.3. The van der Waals surface area contributed by atoms with Crippen LogP contribution in [0.15, 0.2) is 6.07 Å². The Hall–Kier alpha value is -1.09. The van der Waals surface area contributed by atoms with Gasteiger partial charge in [-0.25, -0.2) is 0 Å². The summed E-state index contributed by atoms with van der Waals surface area (Å²) in [4.78, 5) is 12.3. The summed E-state index contributed by atoms with van der Waals surface area (Å²) in [7, 11) is 0. The highest BCUT2D eigenvalue weighted by atomic mass is 16.3. The van der Waals surface area contributed by atoms with Gasteiger partial charge in [0.1, 0.15) is 0 Å². The summed E-state index contributed by atoms with van der Waals surface area (Å²) < 4.78 is 2.40. The molecule has 2 aliphatic rings. The zero-order valence-electron chi connectivity index (χ0n) is 12.8. The fourth-order valence-corrected chi connectivity index (χ4v) is 4.00. The topological polar surface area (TPSA) is 42.2 Å². The minimum atomic E-state index is -0.129. The summed E-state index contributed by atoms with van der Waals surface area (Å²) in [6, 6.07) is 2.54. The van der Waals surface area contributed by atoms with E-state index in [1.54, 1.807) is 0 Å². The van der Waals surface area contributed by atoms with Crippen LogP contribution in [0, 0.1) is 12.3 Å². The van der Waals surface area contributed by atoms with Crippen LogP contribution in [0.1, 0.15) is 73.7 Å². The molecule has 0 unspecified atom stereocenters. The fraction of sp³-hybridized carbons (Fsp3) is 0.706. The van der Waals surface area contributed by atoms with Crippen molar-refractivity contribution in [3.63, 3.8) is 0 Å². The first-order valence-electron chi connectivity index (χ1n) is 7.79. The molecule has 1 aromatic rings. The Morgan fingerprint density at radius 3 is 2.50 bits per heavy atom. The number of aromatic nitrogens is 1. The van der Waals surface area contributed by atoms with E-state index in [1.807, 2.05) is 0 Å². The van der Waals surface area contributed by atoms with Crippen molar-refractivity contribution in [3.8, 4) is 0 Å². The minimum Gasteiger partial charge on any atom is -0.393 e. The van der Waals surface area contributed by atoms with Crippen molar-refractivity contribution >= 4 is 5.78 Å². The Bertz CT molecular complexity index is 533. The first-order valence-corrected chi connectivity index (χ1v) is 7.79. The van der Waals surface area contributed by atoms with Gasteiger partial charge in [0, 0.05) is 29.4 Å². The van der Waals surface area contributed by atoms with Crippen LogP contribution in [0.5, 0.6) is 0 Å². The predicted molar refractivity (Wildman–Crippen MR) is 79.1 cm³/mol. The number of carbonyl (C=O) groups is 1. The van der Waals surface area contributed by atoms with Gasteiger partial charge in [-0.05, 0) is 50.5 Å². The molecule has 110 valence electrons. The van der Waals surface area contributed by atoms with E-state index in [0.29, 0.717) is 18.2 Å². The van der Waals surface area contributed by atoms with Gasteiger partial charge in [0.25, 0.3) is 0 Å². The zero-order chi connectivity index (χ0) is 14.5. The average Bonchev–Trinajstić information content (AvgIpc) is 2.66. The third-order valence-corrected chi connectivity index (χ3v) is 4.95. The summed E-state index contributed by atoms with van der Waals surface area (Å²) in [6.45, 7) is 6.49. The lowest BCUT2D eigenvalue weighted by Gasteiger charge is -2.34. The van der Waals surface area contributed by atoms with E-state index in [9.17, 15) is 9.90 Å². The molecule has 20 heavy (non-hydrogen) atoms. The number of Topliss-reactive ketones (excluding diaryl/α,β-unsaturated/α-hetero) is 1. The number of ketones is 1. The molecule has 1 N–H and O–H groups in total. The molecule has 3 nitrogen and oxygen atoms in total. The molecule has 3 heteroatoms. The molecule has 1 saturated carbocycles. The van der Waals surface area contributed by atoms with E-state index in [1.165, 1.54) is 11.4 Å². The standard InChI is InChI=1S/C17H25NO2/c1-11-8-14-15(9-17(2,3)10-16(14)20)18(11)12-4-6-13(19)7-5-12/h8,12-13,19H,4-7,9-10H2,1-3H3. The van der Waals surface area contributed by atoms with Crippen molar-refractivity contribution in [2.75, 3.05) is 0 Å². The average molecular weight is 275 g/mol. The highest BCUT2D eigenvalue weighted by Crippen LogP contribution is 2.40. The molecule has 0 bridgehead atoms. The molecule has 2 aliphatic carbocycles. The summed E-state index contributed by atoms with van der Waals surface area (Å²) in [5.41, 5.74) is 3.47. The monoisotopic (exact) mass is 275 g/mol. The molecular weight excluding hydrogens is 250 g/mol. The Morgan fingerprint density at radius 1 is 1.20 bits per heavy atom. The van der Waals surface area contributed by atoms with Crippen molar-refractivity contribution < 1.29 is 9.90 Å². The van der Waals surface area contributed by atoms with E-state index < -0.39 is 0 Å². The van der Waals surface area contributed by atoms with Crippen LogP contribution in [0.4, 0.5) is 0 Å². The minimum absolute atomic E-state index is 0.0702. The first kappa shape index (κ1) is 13.9. The highest BCUT2D eigenvalue weighted by molar-refractivity contribution is 5.99. The van der Waals surface area contributed by atoms with Crippen molar-refractivity contribution in [1.29, 1.82) is 0 Å². The van der Waals surface area contributed by atoms with Gasteiger partial charge in [-0.3, -0.25) is 4.79 Å². The summed E-state index contributed by atoms with van der Waals surface area (Å²) >= 11 is 0. The van der Waals surface area contributed by atoms with Gasteiger partial charge in [0.05, 0.1) is 6.10 Å². The Balaban J connectivity index is 1.98. The van der Waals surface area contributed by atoms with Crippen LogP contribution in [0.2, 0.25) is 0 Å². The first-order chi connectivity index (χ1) is 9.37. The van der Waals surface area contributed by atoms with Gasteiger partial charge in [-0.1, -0.05) is 13.8 Å².